The molecule has 0 saturated carbocycles. The van der Waals surface area contributed by atoms with Gasteiger partial charge in [-0.1, -0.05) is 52.0 Å². The summed E-state index contributed by atoms with van der Waals surface area (Å²) in [6, 6.07) is 20.9. The van der Waals surface area contributed by atoms with E-state index in [1.54, 1.807) is 6.20 Å². The lowest BCUT2D eigenvalue weighted by molar-refractivity contribution is 0.491. The van der Waals surface area contributed by atoms with Crippen molar-refractivity contribution in [1.82, 2.24) is 9.55 Å². The number of hydrogen-bond acceptors (Lipinski definition) is 3. The van der Waals surface area contributed by atoms with E-state index in [0.717, 1.165) is 24.3 Å². The Hall–Kier alpha value is -3.36. The maximum Gasteiger partial charge on any atom is 0.250 e. The number of allylic oxidation sites excluding steroid dienone is 1. The van der Waals surface area contributed by atoms with Gasteiger partial charge >= 0.3 is 0 Å². The first-order valence-electron chi connectivity index (χ1n) is 11.9. The summed E-state index contributed by atoms with van der Waals surface area (Å²) in [5, 5.41) is 12.4. The minimum Gasteiger partial charge on any atom is -0.543 e. The summed E-state index contributed by atoms with van der Waals surface area (Å²) < 4.78 is 9.26. The van der Waals surface area contributed by atoms with Crippen LogP contribution in [0.4, 0.5) is 0 Å². The first kappa shape index (κ1) is 23.8. The van der Waals surface area contributed by atoms with Crippen LogP contribution in [-0.4, -0.2) is 17.9 Å². The van der Waals surface area contributed by atoms with Crippen molar-refractivity contribution < 1.29 is 4.43 Å². The Morgan fingerprint density at radius 3 is 2.44 bits per heavy atom. The Bertz CT molecular complexity index is 1400. The molecule has 0 atom stereocenters. The van der Waals surface area contributed by atoms with Gasteiger partial charge in [-0.3, -0.25) is 4.98 Å². The Morgan fingerprint density at radius 1 is 1.06 bits per heavy atom. The van der Waals surface area contributed by atoms with Gasteiger partial charge in [0.25, 0.3) is 8.32 Å². The number of rotatable bonds is 6. The molecule has 2 heterocycles. The number of aromatic nitrogens is 2. The van der Waals surface area contributed by atoms with Crippen LogP contribution in [0.1, 0.15) is 45.4 Å². The van der Waals surface area contributed by atoms with Crippen LogP contribution in [0.15, 0.2) is 60.8 Å². The molecule has 0 saturated heterocycles. The van der Waals surface area contributed by atoms with Crippen LogP contribution in [0.25, 0.3) is 33.5 Å². The number of fused-ring (bicyclic) bond motifs is 3. The minimum atomic E-state index is -2.12. The number of pyridine rings is 1. The van der Waals surface area contributed by atoms with Crippen LogP contribution in [0, 0.1) is 11.3 Å². The van der Waals surface area contributed by atoms with Crippen molar-refractivity contribution in [1.29, 1.82) is 5.26 Å². The molecule has 0 bridgehead atoms. The number of aryl methyl sites for hydroxylation is 1. The fourth-order valence-corrected chi connectivity index (χ4v) is 5.06. The van der Waals surface area contributed by atoms with Crippen LogP contribution in [0.3, 0.4) is 0 Å². The SMILES string of the molecule is CCCn1c2ccccc2c2cc(C=C(C#N)c3ccccn3)c(O[Si](C)(C)C(C)(C)C)cc21. The molecule has 0 N–H and O–H groups in total. The lowest BCUT2D eigenvalue weighted by atomic mass is 10.0. The third-order valence-electron chi connectivity index (χ3n) is 6.88. The van der Waals surface area contributed by atoms with Crippen LogP contribution in [0.5, 0.6) is 5.75 Å². The molecular formula is C29H33N3OSi. The third kappa shape index (κ3) is 4.38. The van der Waals surface area contributed by atoms with Crippen LogP contribution in [0.2, 0.25) is 18.1 Å². The summed E-state index contributed by atoms with van der Waals surface area (Å²) in [4.78, 5) is 4.40. The number of para-hydroxylation sites is 1. The molecule has 0 spiro atoms. The van der Waals surface area contributed by atoms with Crippen molar-refractivity contribution in [3.05, 3.63) is 72.1 Å². The van der Waals surface area contributed by atoms with Gasteiger partial charge in [0.15, 0.2) is 0 Å². The summed E-state index contributed by atoms with van der Waals surface area (Å²) in [6.45, 7) is 14.4. The predicted molar refractivity (Wildman–Crippen MR) is 145 cm³/mol. The monoisotopic (exact) mass is 467 g/mol. The molecule has 0 aliphatic rings. The molecule has 0 amide bonds. The van der Waals surface area contributed by atoms with Crippen LogP contribution < -0.4 is 4.43 Å². The van der Waals surface area contributed by atoms with E-state index in [1.165, 1.54) is 21.8 Å². The normalized spacial score (nSPS) is 12.8. The lowest BCUT2D eigenvalue weighted by Gasteiger charge is -2.37. The van der Waals surface area contributed by atoms with E-state index in [2.05, 4.69) is 92.8 Å². The van der Waals surface area contributed by atoms with Crippen molar-refractivity contribution in [3.63, 3.8) is 0 Å². The van der Waals surface area contributed by atoms with Crippen molar-refractivity contribution >= 4 is 41.8 Å². The zero-order chi connectivity index (χ0) is 24.5. The van der Waals surface area contributed by atoms with Crippen molar-refractivity contribution in [2.75, 3.05) is 0 Å². The molecule has 174 valence electrons. The molecule has 0 fully saturated rings. The molecule has 4 nitrogen and oxygen atoms in total. The second-order valence-corrected chi connectivity index (χ2v) is 15.0. The van der Waals surface area contributed by atoms with Gasteiger partial charge in [-0.05, 0) is 54.9 Å². The van der Waals surface area contributed by atoms with Gasteiger partial charge in [0, 0.05) is 40.7 Å². The van der Waals surface area contributed by atoms with Gasteiger partial charge in [-0.25, -0.2) is 0 Å². The molecule has 2 aromatic carbocycles. The molecule has 34 heavy (non-hydrogen) atoms. The van der Waals surface area contributed by atoms with Gasteiger partial charge in [0.2, 0.25) is 0 Å². The maximum atomic E-state index is 9.96. The molecule has 4 aromatic rings. The minimum absolute atomic E-state index is 0.0537. The highest BCUT2D eigenvalue weighted by molar-refractivity contribution is 6.74. The summed E-state index contributed by atoms with van der Waals surface area (Å²) in [6.07, 6.45) is 4.69. The van der Waals surface area contributed by atoms with Crippen molar-refractivity contribution in [3.8, 4) is 11.8 Å². The van der Waals surface area contributed by atoms with Crippen LogP contribution >= 0.6 is 0 Å². The largest absolute Gasteiger partial charge is 0.543 e. The van der Waals surface area contributed by atoms with E-state index in [0.29, 0.717) is 11.3 Å². The number of nitriles is 1. The first-order valence-corrected chi connectivity index (χ1v) is 14.8. The fourth-order valence-electron chi connectivity index (χ4n) is 4.03. The van der Waals surface area contributed by atoms with Gasteiger partial charge < -0.3 is 8.99 Å². The van der Waals surface area contributed by atoms with Gasteiger partial charge in [0.05, 0.1) is 16.8 Å². The predicted octanol–water partition coefficient (Wildman–Crippen LogP) is 8.05. The summed E-state index contributed by atoms with van der Waals surface area (Å²) in [5.41, 5.74) is 4.50. The Kier molecular flexibility index (Phi) is 6.38. The van der Waals surface area contributed by atoms with E-state index < -0.39 is 8.32 Å². The molecule has 0 unspecified atom stereocenters. The maximum absolute atomic E-state index is 9.96. The average Bonchev–Trinajstić information content (AvgIpc) is 3.10. The highest BCUT2D eigenvalue weighted by atomic mass is 28.4. The average molecular weight is 468 g/mol. The molecule has 0 aliphatic heterocycles. The first-order chi connectivity index (χ1) is 16.2. The van der Waals surface area contributed by atoms with E-state index in [4.69, 9.17) is 4.43 Å². The Balaban J connectivity index is 2.02. The van der Waals surface area contributed by atoms with E-state index in [-0.39, 0.29) is 5.04 Å². The van der Waals surface area contributed by atoms with Crippen LogP contribution in [-0.2, 0) is 6.54 Å². The molecule has 0 aliphatic carbocycles. The zero-order valence-electron chi connectivity index (χ0n) is 21.0. The van der Waals surface area contributed by atoms with E-state index in [9.17, 15) is 5.26 Å². The van der Waals surface area contributed by atoms with Gasteiger partial charge in [-0.2, -0.15) is 5.26 Å². The fraction of sp³-hybridized carbons (Fsp3) is 0.310. The van der Waals surface area contributed by atoms with Crippen molar-refractivity contribution in [2.45, 2.75) is 58.8 Å². The van der Waals surface area contributed by atoms with Crippen molar-refractivity contribution in [2.24, 2.45) is 0 Å². The molecule has 5 heteroatoms. The molecule has 2 aromatic heterocycles. The Labute approximate surface area is 203 Å². The Morgan fingerprint density at radius 2 is 1.79 bits per heavy atom. The topological polar surface area (TPSA) is 50.8 Å². The smallest absolute Gasteiger partial charge is 0.250 e. The van der Waals surface area contributed by atoms with Gasteiger partial charge in [-0.15, -0.1) is 0 Å². The number of hydrogen-bond donors (Lipinski definition) is 0. The lowest BCUT2D eigenvalue weighted by Crippen LogP contribution is -2.44. The second-order valence-electron chi connectivity index (χ2n) is 10.3. The summed E-state index contributed by atoms with van der Waals surface area (Å²) >= 11 is 0. The number of nitrogens with zero attached hydrogens (tertiary/aromatic N) is 3. The molecule has 0 radical (unpaired) electrons. The highest BCUT2D eigenvalue weighted by Crippen LogP contribution is 2.41. The van der Waals surface area contributed by atoms with E-state index in [1.807, 2.05) is 24.3 Å². The highest BCUT2D eigenvalue weighted by Gasteiger charge is 2.39. The standard InChI is InChI=1S/C29H33N3OSi/c1-7-16-32-26-14-9-8-12-23(26)24-18-21(17-22(20-30)25-13-10-11-15-31-25)28(19-27(24)32)33-34(5,6)29(2,3)4/h8-15,17-19H,7,16H2,1-6H3. The third-order valence-corrected chi connectivity index (χ3v) is 11.2. The molecule has 4 rings (SSSR count). The van der Waals surface area contributed by atoms with E-state index >= 15 is 0 Å². The summed E-state index contributed by atoms with van der Waals surface area (Å²) in [5.74, 6) is 0.836. The summed E-state index contributed by atoms with van der Waals surface area (Å²) in [7, 11) is -2.12. The number of benzene rings is 2. The second kappa shape index (κ2) is 9.12. The quantitative estimate of drug-likeness (QED) is 0.213. The van der Waals surface area contributed by atoms with Gasteiger partial charge in [0.1, 0.15) is 11.8 Å². The molecular weight excluding hydrogens is 434 g/mol. The zero-order valence-corrected chi connectivity index (χ0v) is 22.0.